The number of nitrogens with one attached hydrogen (secondary N) is 1. The van der Waals surface area contributed by atoms with E-state index < -0.39 is 5.82 Å². The molecule has 1 N–H and O–H groups in total. The van der Waals surface area contributed by atoms with Crippen LogP contribution in [0.25, 0.3) is 10.9 Å². The van der Waals surface area contributed by atoms with Crippen molar-refractivity contribution >= 4 is 32.7 Å². The highest BCUT2D eigenvalue weighted by molar-refractivity contribution is 9.10. The van der Waals surface area contributed by atoms with Gasteiger partial charge in [-0.05, 0) is 42.8 Å². The number of carbonyl (C=O) groups excluding carboxylic acids is 1. The molecule has 3 rings (SSSR count). The quantitative estimate of drug-likeness (QED) is 0.626. The Labute approximate surface area is 169 Å². The highest BCUT2D eigenvalue weighted by Gasteiger charge is 2.13. The van der Waals surface area contributed by atoms with Crippen molar-refractivity contribution in [3.8, 4) is 5.75 Å². The zero-order valence-corrected chi connectivity index (χ0v) is 17.0. The molecule has 6 nitrogen and oxygen atoms in total. The van der Waals surface area contributed by atoms with Gasteiger partial charge in [-0.25, -0.2) is 9.37 Å². The first-order valence-electron chi connectivity index (χ1n) is 8.66. The molecule has 2 aromatic carbocycles. The summed E-state index contributed by atoms with van der Waals surface area (Å²) in [6.45, 7) is 1.96. The van der Waals surface area contributed by atoms with Gasteiger partial charge in [0.25, 0.3) is 5.56 Å². The molecule has 0 bridgehead atoms. The van der Waals surface area contributed by atoms with Crippen molar-refractivity contribution in [2.24, 2.45) is 0 Å². The number of halogens is 2. The van der Waals surface area contributed by atoms with Crippen LogP contribution in [0.2, 0.25) is 0 Å². The fraction of sp³-hybridized carbons (Fsp3) is 0.250. The lowest BCUT2D eigenvalue weighted by atomic mass is 10.1. The number of nitrogens with zero attached hydrogens (tertiary/aromatic N) is 2. The number of rotatable bonds is 6. The maximum atomic E-state index is 13.8. The van der Waals surface area contributed by atoms with Crippen molar-refractivity contribution < 1.29 is 13.9 Å². The highest BCUT2D eigenvalue weighted by atomic mass is 79.9. The average Bonchev–Trinajstić information content (AvgIpc) is 2.67. The number of fused-ring (bicyclic) bond motifs is 1. The fourth-order valence-corrected chi connectivity index (χ4v) is 3.22. The minimum absolute atomic E-state index is 0.101. The average molecular weight is 448 g/mol. The van der Waals surface area contributed by atoms with E-state index in [9.17, 15) is 14.0 Å². The lowest BCUT2D eigenvalue weighted by molar-refractivity contribution is -0.121. The van der Waals surface area contributed by atoms with Gasteiger partial charge in [0.2, 0.25) is 5.91 Å². The van der Waals surface area contributed by atoms with Crippen LogP contribution in [0.3, 0.4) is 0 Å². The largest absolute Gasteiger partial charge is 0.494 e. The Hall–Kier alpha value is -2.74. The first-order chi connectivity index (χ1) is 13.4. The summed E-state index contributed by atoms with van der Waals surface area (Å²) in [5, 5.41) is 3.29. The van der Waals surface area contributed by atoms with E-state index in [-0.39, 0.29) is 36.2 Å². The first-order valence-corrected chi connectivity index (χ1v) is 9.46. The zero-order chi connectivity index (χ0) is 20.3. The van der Waals surface area contributed by atoms with E-state index in [4.69, 9.17) is 4.74 Å². The van der Waals surface area contributed by atoms with Gasteiger partial charge in [0, 0.05) is 17.4 Å². The van der Waals surface area contributed by atoms with Crippen LogP contribution in [0.15, 0.2) is 52.0 Å². The van der Waals surface area contributed by atoms with Crippen molar-refractivity contribution in [2.75, 3.05) is 7.11 Å². The molecule has 146 valence electrons. The SMILES string of the molecule is COc1ccc(C(C)NC(=O)CCn2cnc3ccc(Br)cc3c2=O)cc1F. The molecule has 8 heteroatoms. The summed E-state index contributed by atoms with van der Waals surface area (Å²) in [4.78, 5) is 29.1. The van der Waals surface area contributed by atoms with Gasteiger partial charge in [-0.2, -0.15) is 0 Å². The van der Waals surface area contributed by atoms with Crippen molar-refractivity contribution in [3.63, 3.8) is 0 Å². The van der Waals surface area contributed by atoms with E-state index in [1.165, 1.54) is 30.1 Å². The first kappa shape index (κ1) is 20.0. The molecular formula is C20H19BrFN3O3. The number of hydrogen-bond acceptors (Lipinski definition) is 4. The predicted molar refractivity (Wildman–Crippen MR) is 108 cm³/mol. The van der Waals surface area contributed by atoms with Gasteiger partial charge in [-0.15, -0.1) is 0 Å². The van der Waals surface area contributed by atoms with E-state index in [0.29, 0.717) is 16.5 Å². The van der Waals surface area contributed by atoms with Crippen molar-refractivity contribution in [2.45, 2.75) is 25.9 Å². The fourth-order valence-electron chi connectivity index (χ4n) is 2.86. The number of aryl methyl sites for hydroxylation is 1. The molecule has 1 amide bonds. The third kappa shape index (κ3) is 4.39. The monoisotopic (exact) mass is 447 g/mol. The van der Waals surface area contributed by atoms with Crippen LogP contribution >= 0.6 is 15.9 Å². The molecule has 1 atom stereocenters. The van der Waals surface area contributed by atoms with Crippen LogP contribution in [0, 0.1) is 5.82 Å². The van der Waals surface area contributed by atoms with E-state index >= 15 is 0 Å². The van der Waals surface area contributed by atoms with Gasteiger partial charge < -0.3 is 10.1 Å². The van der Waals surface area contributed by atoms with Crippen molar-refractivity contribution in [1.82, 2.24) is 14.9 Å². The third-order valence-electron chi connectivity index (χ3n) is 4.42. The molecule has 0 saturated heterocycles. The van der Waals surface area contributed by atoms with Gasteiger partial charge >= 0.3 is 0 Å². The number of ether oxygens (including phenoxy) is 1. The molecule has 0 radical (unpaired) electrons. The van der Waals surface area contributed by atoms with Crippen LogP contribution in [0.5, 0.6) is 5.75 Å². The maximum Gasteiger partial charge on any atom is 0.261 e. The lowest BCUT2D eigenvalue weighted by Gasteiger charge is -2.15. The number of carbonyl (C=O) groups is 1. The number of hydrogen-bond donors (Lipinski definition) is 1. The number of amides is 1. The minimum Gasteiger partial charge on any atom is -0.494 e. The summed E-state index contributed by atoms with van der Waals surface area (Å²) in [5.74, 6) is -0.580. The Morgan fingerprint density at radius 1 is 1.32 bits per heavy atom. The van der Waals surface area contributed by atoms with E-state index in [1.54, 1.807) is 25.1 Å². The second-order valence-electron chi connectivity index (χ2n) is 6.34. The molecule has 28 heavy (non-hydrogen) atoms. The third-order valence-corrected chi connectivity index (χ3v) is 4.91. The number of aromatic nitrogens is 2. The Morgan fingerprint density at radius 2 is 2.11 bits per heavy atom. The Kier molecular flexibility index (Phi) is 6.08. The molecule has 0 saturated carbocycles. The molecule has 1 unspecified atom stereocenters. The summed E-state index contributed by atoms with van der Waals surface area (Å²) < 4.78 is 20.9. The molecule has 0 aliphatic heterocycles. The van der Waals surface area contributed by atoms with Gasteiger partial charge in [0.15, 0.2) is 11.6 Å². The zero-order valence-electron chi connectivity index (χ0n) is 15.4. The maximum absolute atomic E-state index is 13.8. The number of methoxy groups -OCH3 is 1. The molecule has 0 aliphatic carbocycles. The Balaban J connectivity index is 1.65. The van der Waals surface area contributed by atoms with E-state index in [0.717, 1.165) is 4.47 Å². The summed E-state index contributed by atoms with van der Waals surface area (Å²) >= 11 is 3.34. The van der Waals surface area contributed by atoms with Crippen LogP contribution in [-0.4, -0.2) is 22.6 Å². The second kappa shape index (κ2) is 8.52. The van der Waals surface area contributed by atoms with Gasteiger partial charge in [0.05, 0.1) is 30.4 Å². The molecule has 1 aromatic heterocycles. The topological polar surface area (TPSA) is 73.2 Å². The molecule has 3 aromatic rings. The van der Waals surface area contributed by atoms with Gasteiger partial charge in [0.1, 0.15) is 0 Å². The minimum atomic E-state index is -0.485. The normalized spacial score (nSPS) is 12.0. The Bertz CT molecular complexity index is 1080. The van der Waals surface area contributed by atoms with E-state index in [1.807, 2.05) is 6.07 Å². The molecule has 0 spiro atoms. The second-order valence-corrected chi connectivity index (χ2v) is 7.25. The predicted octanol–water partition coefficient (Wildman–Crippen LogP) is 3.57. The van der Waals surface area contributed by atoms with Gasteiger partial charge in [-0.1, -0.05) is 22.0 Å². The summed E-state index contributed by atoms with van der Waals surface area (Å²) in [6, 6.07) is 9.45. The standard InChI is InChI=1S/C20H19BrFN3O3/c1-12(13-3-6-18(28-2)16(22)9-13)24-19(26)7-8-25-11-23-17-5-4-14(21)10-15(17)20(25)27/h3-6,9-12H,7-8H2,1-2H3,(H,24,26). The lowest BCUT2D eigenvalue weighted by Crippen LogP contribution is -2.29. The van der Waals surface area contributed by atoms with Crippen molar-refractivity contribution in [1.29, 1.82) is 0 Å². The van der Waals surface area contributed by atoms with Crippen LogP contribution < -0.4 is 15.6 Å². The van der Waals surface area contributed by atoms with Crippen molar-refractivity contribution in [3.05, 3.63) is 68.9 Å². The van der Waals surface area contributed by atoms with Gasteiger partial charge in [-0.3, -0.25) is 14.2 Å². The van der Waals surface area contributed by atoms with Crippen LogP contribution in [0.1, 0.15) is 24.9 Å². The highest BCUT2D eigenvalue weighted by Crippen LogP contribution is 2.21. The Morgan fingerprint density at radius 3 is 2.82 bits per heavy atom. The van der Waals surface area contributed by atoms with E-state index in [2.05, 4.69) is 26.2 Å². The molecule has 0 fully saturated rings. The summed E-state index contributed by atoms with van der Waals surface area (Å²) in [7, 11) is 1.39. The van der Waals surface area contributed by atoms with Crippen LogP contribution in [0.4, 0.5) is 4.39 Å². The summed E-state index contributed by atoms with van der Waals surface area (Å²) in [6.07, 6.45) is 1.54. The number of benzene rings is 2. The van der Waals surface area contributed by atoms with Crippen LogP contribution in [-0.2, 0) is 11.3 Å². The molecular weight excluding hydrogens is 429 g/mol. The molecule has 0 aliphatic rings. The molecule has 1 heterocycles. The smallest absolute Gasteiger partial charge is 0.261 e. The summed E-state index contributed by atoms with van der Waals surface area (Å²) in [5.41, 5.74) is 1.02.